The van der Waals surface area contributed by atoms with E-state index in [1.807, 2.05) is 0 Å². The maximum Gasteiger partial charge on any atom is 0.0922 e. The first-order valence-electron chi connectivity index (χ1n) is 15.4. The Hall–Kier alpha value is -0.640. The topological polar surface area (TPSA) is 27.7 Å². The van der Waals surface area contributed by atoms with Crippen LogP contribution < -0.4 is 0 Å². The Labute approximate surface area is 230 Å². The van der Waals surface area contributed by atoms with E-state index in [-0.39, 0.29) is 34.6 Å². The van der Waals surface area contributed by atoms with Gasteiger partial charge in [-0.1, -0.05) is 52.0 Å². The summed E-state index contributed by atoms with van der Waals surface area (Å²) in [6.07, 6.45) is 11.4. The Kier molecular flexibility index (Phi) is 9.57. The van der Waals surface area contributed by atoms with E-state index in [4.69, 9.17) is 14.2 Å². The second-order valence-corrected chi connectivity index (χ2v) is 14.6. The molecule has 3 saturated heterocycles. The van der Waals surface area contributed by atoms with Gasteiger partial charge in [-0.15, -0.1) is 0 Å². The number of rotatable bonds is 10. The van der Waals surface area contributed by atoms with Crippen LogP contribution in [0.25, 0.3) is 0 Å². The van der Waals surface area contributed by atoms with Crippen LogP contribution in [0.4, 0.5) is 0 Å². The van der Waals surface area contributed by atoms with Crippen LogP contribution in [0.5, 0.6) is 0 Å². The first-order chi connectivity index (χ1) is 17.0. The van der Waals surface area contributed by atoms with Gasteiger partial charge in [-0.25, -0.2) is 0 Å². The average Bonchev–Trinajstić information content (AvgIpc) is 3.34. The first-order valence-corrected chi connectivity index (χ1v) is 15.4. The van der Waals surface area contributed by atoms with Crippen molar-refractivity contribution in [3.8, 4) is 0 Å². The molecule has 0 aromatic heterocycles. The first kappa shape index (κ1) is 30.9. The van der Waals surface area contributed by atoms with Crippen LogP contribution in [0.3, 0.4) is 0 Å². The molecule has 0 saturated carbocycles. The highest BCUT2D eigenvalue weighted by Crippen LogP contribution is 2.51. The molecule has 0 N–H and O–H groups in total. The van der Waals surface area contributed by atoms with Crippen LogP contribution >= 0.6 is 0 Å². The summed E-state index contributed by atoms with van der Waals surface area (Å²) < 4.78 is 21.1. The van der Waals surface area contributed by atoms with Crippen molar-refractivity contribution in [1.29, 1.82) is 0 Å². The third-order valence-corrected chi connectivity index (χ3v) is 11.4. The molecule has 0 spiro atoms. The Morgan fingerprint density at radius 3 is 1.38 bits per heavy atom. The fourth-order valence-electron chi connectivity index (χ4n) is 7.07. The van der Waals surface area contributed by atoms with Crippen molar-refractivity contribution in [3.63, 3.8) is 0 Å². The van der Waals surface area contributed by atoms with E-state index in [1.54, 1.807) is 0 Å². The highest BCUT2D eigenvalue weighted by Gasteiger charge is 2.55. The van der Waals surface area contributed by atoms with Crippen molar-refractivity contribution < 1.29 is 14.2 Å². The molecule has 3 aliphatic heterocycles. The van der Waals surface area contributed by atoms with Gasteiger partial charge in [0.2, 0.25) is 0 Å². The SMILES string of the molecule is C=C(C)C(C)CC[C@@]1(C)O[C@](C)([C@@H]2CC[C@H]([C@]3(C)CC[C@@H](C)[C@](C)(CCC(C)C(=C)C)O3)O2)CC[C@@H]1C. The fourth-order valence-corrected chi connectivity index (χ4v) is 7.07. The molecule has 3 heterocycles. The van der Waals surface area contributed by atoms with Gasteiger partial charge in [0, 0.05) is 0 Å². The smallest absolute Gasteiger partial charge is 0.0922 e. The predicted octanol–water partition coefficient (Wildman–Crippen LogP) is 9.45. The van der Waals surface area contributed by atoms with Crippen molar-refractivity contribution in [3.05, 3.63) is 24.3 Å². The minimum atomic E-state index is -0.235. The highest BCUT2D eigenvalue weighted by atomic mass is 16.6. The summed E-state index contributed by atoms with van der Waals surface area (Å²) in [6.45, 7) is 31.3. The Morgan fingerprint density at radius 2 is 1.05 bits per heavy atom. The summed E-state index contributed by atoms with van der Waals surface area (Å²) in [5.74, 6) is 2.17. The largest absolute Gasteiger partial charge is 0.369 e. The van der Waals surface area contributed by atoms with Gasteiger partial charge in [0.25, 0.3) is 0 Å². The molecule has 3 rings (SSSR count). The van der Waals surface area contributed by atoms with Gasteiger partial charge in [0.05, 0.1) is 34.6 Å². The maximum atomic E-state index is 7.10. The van der Waals surface area contributed by atoms with Gasteiger partial charge in [-0.05, 0) is 129 Å². The molecule has 214 valence electrons. The summed E-state index contributed by atoms with van der Waals surface area (Å²) in [7, 11) is 0. The molecule has 3 heteroatoms. The summed E-state index contributed by atoms with van der Waals surface area (Å²) in [4.78, 5) is 0. The lowest BCUT2D eigenvalue weighted by molar-refractivity contribution is -0.271. The minimum absolute atomic E-state index is 0.114. The molecule has 0 aliphatic carbocycles. The van der Waals surface area contributed by atoms with Crippen molar-refractivity contribution in [2.45, 2.75) is 168 Å². The van der Waals surface area contributed by atoms with Crippen LogP contribution in [0, 0.1) is 23.7 Å². The van der Waals surface area contributed by atoms with E-state index in [0.717, 1.165) is 51.4 Å². The summed E-state index contributed by atoms with van der Waals surface area (Å²) in [6, 6.07) is 0. The lowest BCUT2D eigenvalue weighted by Crippen LogP contribution is -2.57. The van der Waals surface area contributed by atoms with Crippen molar-refractivity contribution in [1.82, 2.24) is 0 Å². The Bertz CT molecular complexity index is 754. The van der Waals surface area contributed by atoms with Crippen molar-refractivity contribution >= 4 is 0 Å². The summed E-state index contributed by atoms with van der Waals surface area (Å²) in [5.41, 5.74) is 1.84. The number of hydrogen-bond donors (Lipinski definition) is 0. The number of allylic oxidation sites excluding steroid dienone is 2. The van der Waals surface area contributed by atoms with E-state index >= 15 is 0 Å². The lowest BCUT2D eigenvalue weighted by Gasteiger charge is -2.53. The van der Waals surface area contributed by atoms with Gasteiger partial charge < -0.3 is 14.2 Å². The molecular weight excluding hydrogens is 456 g/mol. The van der Waals surface area contributed by atoms with Crippen LogP contribution in [0.15, 0.2) is 24.3 Å². The van der Waals surface area contributed by atoms with E-state index in [0.29, 0.717) is 23.7 Å². The third-order valence-electron chi connectivity index (χ3n) is 11.4. The predicted molar refractivity (Wildman–Crippen MR) is 157 cm³/mol. The van der Waals surface area contributed by atoms with E-state index in [1.165, 1.54) is 24.0 Å². The minimum Gasteiger partial charge on any atom is -0.369 e. The molecule has 0 aromatic rings. The zero-order chi connectivity index (χ0) is 27.8. The van der Waals surface area contributed by atoms with Gasteiger partial charge in [-0.3, -0.25) is 0 Å². The molecular formula is C34H60O3. The van der Waals surface area contributed by atoms with Gasteiger partial charge in [0.1, 0.15) is 0 Å². The van der Waals surface area contributed by atoms with Crippen LogP contribution in [-0.4, -0.2) is 34.6 Å². The van der Waals surface area contributed by atoms with E-state index in [2.05, 4.69) is 82.4 Å². The molecule has 0 amide bonds. The van der Waals surface area contributed by atoms with Gasteiger partial charge >= 0.3 is 0 Å². The quantitative estimate of drug-likeness (QED) is 0.271. The van der Waals surface area contributed by atoms with Gasteiger partial charge in [-0.2, -0.15) is 0 Å². The maximum absolute atomic E-state index is 7.10. The third kappa shape index (κ3) is 6.75. The lowest BCUT2D eigenvalue weighted by atomic mass is 9.73. The zero-order valence-electron chi connectivity index (χ0n) is 26.2. The fraction of sp³-hybridized carbons (Fsp3) is 0.882. The molecule has 37 heavy (non-hydrogen) atoms. The molecule has 10 atom stereocenters. The number of ether oxygens (including phenoxy) is 3. The zero-order valence-corrected chi connectivity index (χ0v) is 26.2. The Balaban J connectivity index is 1.67. The molecule has 0 radical (unpaired) electrons. The second-order valence-electron chi connectivity index (χ2n) is 14.6. The van der Waals surface area contributed by atoms with Crippen LogP contribution in [-0.2, 0) is 14.2 Å². The molecule has 0 bridgehead atoms. The van der Waals surface area contributed by atoms with Crippen molar-refractivity contribution in [2.24, 2.45) is 23.7 Å². The summed E-state index contributed by atoms with van der Waals surface area (Å²) in [5, 5.41) is 0. The normalized spacial score (nSPS) is 44.4. The monoisotopic (exact) mass is 516 g/mol. The average molecular weight is 517 g/mol. The van der Waals surface area contributed by atoms with Crippen LogP contribution in [0.2, 0.25) is 0 Å². The molecule has 0 aromatic carbocycles. The standard InChI is InChI=1S/C34H60O3/c1-23(2)25(5)15-19-31(9)27(7)17-21-33(11,36-31)29-13-14-30(35-29)34(12)22-18-28(8)32(10,37-34)20-16-26(6)24(3)4/h25-30H,1,3,13-22H2,2,4-12H3/t25?,26?,27-,28+,29-,30+,31+,32-,33-,34-/m0/s1. The van der Waals surface area contributed by atoms with Crippen LogP contribution in [0.1, 0.15) is 133 Å². The highest BCUT2D eigenvalue weighted by molar-refractivity contribution is 5.05. The van der Waals surface area contributed by atoms with E-state index in [9.17, 15) is 0 Å². The summed E-state index contributed by atoms with van der Waals surface area (Å²) >= 11 is 0. The Morgan fingerprint density at radius 1 is 0.703 bits per heavy atom. The van der Waals surface area contributed by atoms with E-state index < -0.39 is 0 Å². The molecule has 3 aliphatic rings. The molecule has 3 nitrogen and oxygen atoms in total. The molecule has 3 fully saturated rings. The van der Waals surface area contributed by atoms with Crippen molar-refractivity contribution in [2.75, 3.05) is 0 Å². The second kappa shape index (κ2) is 11.5. The van der Waals surface area contributed by atoms with Gasteiger partial charge in [0.15, 0.2) is 0 Å². The molecule has 2 unspecified atom stereocenters. The number of hydrogen-bond acceptors (Lipinski definition) is 3.